The van der Waals surface area contributed by atoms with E-state index in [2.05, 4.69) is 10.2 Å². The lowest BCUT2D eigenvalue weighted by molar-refractivity contribution is 0.0909. The van der Waals surface area contributed by atoms with Gasteiger partial charge in [-0.2, -0.15) is 0 Å². The Hall–Kier alpha value is -1.58. The van der Waals surface area contributed by atoms with Crippen LogP contribution in [0, 0.1) is 5.92 Å². The minimum Gasteiger partial charge on any atom is -0.348 e. The summed E-state index contributed by atoms with van der Waals surface area (Å²) in [6.45, 7) is 3.38. The van der Waals surface area contributed by atoms with Gasteiger partial charge in [-0.25, -0.2) is 0 Å². The molecule has 0 radical (unpaired) electrons. The number of carbonyl (C=O) groups is 1. The fourth-order valence-corrected chi connectivity index (χ4v) is 4.06. The van der Waals surface area contributed by atoms with Crippen molar-refractivity contribution < 1.29 is 4.79 Å². The van der Waals surface area contributed by atoms with Crippen LogP contribution < -0.4 is 5.32 Å². The molecule has 1 N–H and O–H groups in total. The first-order valence-corrected chi connectivity index (χ1v) is 8.28. The Morgan fingerprint density at radius 2 is 2.14 bits per heavy atom. The molecule has 0 spiro atoms. The molecule has 2 fully saturated rings. The predicted molar refractivity (Wildman–Crippen MR) is 89.4 cm³/mol. The van der Waals surface area contributed by atoms with Gasteiger partial charge in [0.15, 0.2) is 0 Å². The van der Waals surface area contributed by atoms with Crippen LogP contribution in [-0.4, -0.2) is 36.5 Å². The zero-order valence-corrected chi connectivity index (χ0v) is 13.1. The number of hydrogen-bond acceptors (Lipinski definition) is 2. The highest BCUT2D eigenvalue weighted by atomic mass is 35.5. The third-order valence-electron chi connectivity index (χ3n) is 4.89. The fraction of sp³-hybridized carbons (Fsp3) is 0.389. The molecule has 0 saturated carbocycles. The van der Waals surface area contributed by atoms with E-state index < -0.39 is 0 Å². The van der Waals surface area contributed by atoms with Gasteiger partial charge < -0.3 is 10.2 Å². The first-order valence-electron chi connectivity index (χ1n) is 7.90. The molecule has 4 rings (SSSR count). The van der Waals surface area contributed by atoms with Crippen molar-refractivity contribution >= 4 is 28.3 Å². The second-order valence-corrected chi connectivity index (χ2v) is 6.90. The highest BCUT2D eigenvalue weighted by Gasteiger charge is 2.32. The normalized spacial score (nSPS) is 27.0. The molecule has 3 nitrogen and oxygen atoms in total. The quantitative estimate of drug-likeness (QED) is 0.922. The number of amides is 1. The van der Waals surface area contributed by atoms with Crippen LogP contribution in [0.5, 0.6) is 0 Å². The molecular formula is C18H19ClN2O. The molecule has 2 heterocycles. The minimum atomic E-state index is 0.0226. The molecule has 3 atom stereocenters. The van der Waals surface area contributed by atoms with E-state index in [1.807, 2.05) is 36.4 Å². The molecule has 2 aliphatic heterocycles. The van der Waals surface area contributed by atoms with Gasteiger partial charge in [-0.3, -0.25) is 4.79 Å². The summed E-state index contributed by atoms with van der Waals surface area (Å²) in [4.78, 5) is 15.0. The largest absolute Gasteiger partial charge is 0.348 e. The molecule has 114 valence electrons. The lowest BCUT2D eigenvalue weighted by atomic mass is 9.96. The van der Waals surface area contributed by atoms with Gasteiger partial charge in [-0.15, -0.1) is 0 Å². The van der Waals surface area contributed by atoms with Crippen molar-refractivity contribution in [2.24, 2.45) is 5.92 Å². The van der Waals surface area contributed by atoms with Crippen LogP contribution in [0.2, 0.25) is 5.02 Å². The molecule has 2 aromatic rings. The average molecular weight is 315 g/mol. The van der Waals surface area contributed by atoms with E-state index in [4.69, 9.17) is 11.6 Å². The van der Waals surface area contributed by atoms with Crippen molar-refractivity contribution in [3.8, 4) is 0 Å². The smallest absolute Gasteiger partial charge is 0.251 e. The van der Waals surface area contributed by atoms with Crippen LogP contribution in [0.3, 0.4) is 0 Å². The van der Waals surface area contributed by atoms with Crippen LogP contribution in [0.4, 0.5) is 0 Å². The van der Waals surface area contributed by atoms with Crippen LogP contribution in [-0.2, 0) is 0 Å². The molecule has 0 aliphatic carbocycles. The van der Waals surface area contributed by atoms with E-state index in [0.717, 1.165) is 34.7 Å². The Morgan fingerprint density at radius 3 is 3.00 bits per heavy atom. The molecular weight excluding hydrogens is 296 g/mol. The number of carbonyl (C=O) groups excluding carboxylic acids is 1. The Balaban J connectivity index is 1.53. The van der Waals surface area contributed by atoms with E-state index in [1.165, 1.54) is 19.5 Å². The Kier molecular flexibility index (Phi) is 3.55. The summed E-state index contributed by atoms with van der Waals surface area (Å²) in [5.74, 6) is 0.781. The number of hydrogen-bond donors (Lipinski definition) is 1. The lowest BCUT2D eigenvalue weighted by Gasteiger charge is -2.30. The maximum absolute atomic E-state index is 12.5. The Bertz CT molecular complexity index is 718. The van der Waals surface area contributed by atoms with E-state index in [0.29, 0.717) is 5.56 Å². The molecule has 3 unspecified atom stereocenters. The van der Waals surface area contributed by atoms with Crippen molar-refractivity contribution in [2.75, 3.05) is 19.6 Å². The SMILES string of the molecule is O=C(NC1CC2CCN(C2)C1)c1ccc2c(Cl)cccc2c1. The fourth-order valence-electron chi connectivity index (χ4n) is 3.82. The van der Waals surface area contributed by atoms with E-state index >= 15 is 0 Å². The number of benzene rings is 2. The van der Waals surface area contributed by atoms with Gasteiger partial charge in [0.05, 0.1) is 0 Å². The van der Waals surface area contributed by atoms with Gasteiger partial charge in [0.1, 0.15) is 0 Å². The van der Waals surface area contributed by atoms with Crippen LogP contribution in [0.25, 0.3) is 10.8 Å². The maximum atomic E-state index is 12.5. The molecule has 1 amide bonds. The summed E-state index contributed by atoms with van der Waals surface area (Å²) in [7, 11) is 0. The number of halogens is 1. The Labute approximate surface area is 135 Å². The second-order valence-electron chi connectivity index (χ2n) is 6.50. The second kappa shape index (κ2) is 5.56. The zero-order valence-electron chi connectivity index (χ0n) is 12.4. The Morgan fingerprint density at radius 1 is 1.23 bits per heavy atom. The van der Waals surface area contributed by atoms with Gasteiger partial charge in [0.2, 0.25) is 0 Å². The van der Waals surface area contributed by atoms with Gasteiger partial charge >= 0.3 is 0 Å². The van der Waals surface area contributed by atoms with Gasteiger partial charge in [-0.1, -0.05) is 29.8 Å². The number of nitrogens with one attached hydrogen (secondary N) is 1. The summed E-state index contributed by atoms with van der Waals surface area (Å²) < 4.78 is 0. The zero-order chi connectivity index (χ0) is 15.1. The molecule has 4 heteroatoms. The van der Waals surface area contributed by atoms with Gasteiger partial charge in [0.25, 0.3) is 5.91 Å². The summed E-state index contributed by atoms with van der Waals surface area (Å²) in [6.07, 6.45) is 2.39. The molecule has 2 aromatic carbocycles. The van der Waals surface area contributed by atoms with E-state index in [-0.39, 0.29) is 11.9 Å². The molecule has 2 aliphatic rings. The van der Waals surface area contributed by atoms with Crippen molar-refractivity contribution in [3.05, 3.63) is 47.0 Å². The van der Waals surface area contributed by atoms with E-state index in [9.17, 15) is 4.79 Å². The highest BCUT2D eigenvalue weighted by molar-refractivity contribution is 6.35. The highest BCUT2D eigenvalue weighted by Crippen LogP contribution is 2.27. The van der Waals surface area contributed by atoms with Crippen molar-refractivity contribution in [2.45, 2.75) is 18.9 Å². The van der Waals surface area contributed by atoms with Crippen molar-refractivity contribution in [1.82, 2.24) is 10.2 Å². The monoisotopic (exact) mass is 314 g/mol. The maximum Gasteiger partial charge on any atom is 0.251 e. The van der Waals surface area contributed by atoms with Crippen LogP contribution in [0.1, 0.15) is 23.2 Å². The number of nitrogens with zero attached hydrogens (tertiary/aromatic N) is 1. The first kappa shape index (κ1) is 14.0. The summed E-state index contributed by atoms with van der Waals surface area (Å²) in [5, 5.41) is 5.92. The number of rotatable bonds is 2. The standard InChI is InChI=1S/C18H19ClN2O/c19-17-3-1-2-13-9-14(4-5-16(13)17)18(22)20-15-8-12-6-7-21(10-12)11-15/h1-5,9,12,15H,6-8,10-11H2,(H,20,22). The van der Waals surface area contributed by atoms with E-state index in [1.54, 1.807) is 0 Å². The number of piperidine rings is 1. The third-order valence-corrected chi connectivity index (χ3v) is 5.22. The van der Waals surface area contributed by atoms with Crippen LogP contribution >= 0.6 is 11.6 Å². The average Bonchev–Trinajstić information content (AvgIpc) is 2.86. The van der Waals surface area contributed by atoms with Crippen LogP contribution in [0.15, 0.2) is 36.4 Å². The first-order chi connectivity index (χ1) is 10.7. The predicted octanol–water partition coefficient (Wildman–Crippen LogP) is 3.32. The lowest BCUT2D eigenvalue weighted by Crippen LogP contribution is -2.47. The molecule has 0 aromatic heterocycles. The molecule has 22 heavy (non-hydrogen) atoms. The summed E-state index contributed by atoms with van der Waals surface area (Å²) in [5.41, 5.74) is 0.711. The van der Waals surface area contributed by atoms with Crippen molar-refractivity contribution in [1.29, 1.82) is 0 Å². The minimum absolute atomic E-state index is 0.0226. The number of fused-ring (bicyclic) bond motifs is 3. The van der Waals surface area contributed by atoms with Gasteiger partial charge in [-0.05, 0) is 48.9 Å². The van der Waals surface area contributed by atoms with Crippen molar-refractivity contribution in [3.63, 3.8) is 0 Å². The topological polar surface area (TPSA) is 32.3 Å². The van der Waals surface area contributed by atoms with Gasteiger partial charge in [0, 0.05) is 35.1 Å². The molecule has 2 saturated heterocycles. The summed E-state index contributed by atoms with van der Waals surface area (Å²) >= 11 is 6.18. The molecule has 2 bridgehead atoms. The third kappa shape index (κ3) is 2.59. The summed E-state index contributed by atoms with van der Waals surface area (Å²) in [6, 6.07) is 11.8.